The molecule has 10 heteroatoms. The standard InChI is InChI=1S/C30H30FN3O5S/c1-38-26-14-9-20(18-27(26)39-2)15-16-32-28(36)8-5-17-34-29(37)23-6-3-4-7-24(23)33-30(34)40-19-25(35)21-10-12-22(31)13-11-21/h3-4,6-7,9-14,18H,5,8,15-17,19H2,1-2H3,(H,32,36). The first kappa shape index (κ1) is 28.8. The number of thioether (sulfide) groups is 1. The molecule has 0 atom stereocenters. The van der Waals surface area contributed by atoms with E-state index in [0.717, 1.165) is 17.3 Å². The number of hydrogen-bond donors (Lipinski definition) is 1. The van der Waals surface area contributed by atoms with Gasteiger partial charge in [-0.1, -0.05) is 30.0 Å². The number of carbonyl (C=O) groups is 2. The number of halogens is 1. The van der Waals surface area contributed by atoms with Crippen LogP contribution >= 0.6 is 11.8 Å². The van der Waals surface area contributed by atoms with Gasteiger partial charge in [-0.15, -0.1) is 0 Å². The van der Waals surface area contributed by atoms with Crippen molar-refractivity contribution in [3.63, 3.8) is 0 Å². The van der Waals surface area contributed by atoms with E-state index >= 15 is 0 Å². The Morgan fingerprint density at radius 1 is 1.00 bits per heavy atom. The van der Waals surface area contributed by atoms with Crippen molar-refractivity contribution >= 4 is 34.4 Å². The van der Waals surface area contributed by atoms with Gasteiger partial charge in [0.15, 0.2) is 22.4 Å². The SMILES string of the molecule is COc1ccc(CCNC(=O)CCCn2c(SCC(=O)c3ccc(F)cc3)nc3ccccc3c2=O)cc1OC. The highest BCUT2D eigenvalue weighted by molar-refractivity contribution is 7.99. The Hall–Kier alpha value is -4.18. The molecule has 0 spiro atoms. The minimum Gasteiger partial charge on any atom is -0.493 e. The van der Waals surface area contributed by atoms with E-state index in [4.69, 9.17) is 9.47 Å². The Bertz CT molecular complexity index is 1560. The quantitative estimate of drug-likeness (QED) is 0.143. The Morgan fingerprint density at radius 2 is 1.75 bits per heavy atom. The average molecular weight is 564 g/mol. The van der Waals surface area contributed by atoms with Gasteiger partial charge in [-0.25, -0.2) is 9.37 Å². The lowest BCUT2D eigenvalue weighted by Crippen LogP contribution is -2.27. The van der Waals surface area contributed by atoms with Gasteiger partial charge >= 0.3 is 0 Å². The number of carbonyl (C=O) groups excluding carboxylic acids is 2. The van der Waals surface area contributed by atoms with E-state index in [1.54, 1.807) is 38.5 Å². The van der Waals surface area contributed by atoms with E-state index < -0.39 is 5.82 Å². The highest BCUT2D eigenvalue weighted by Gasteiger charge is 2.15. The lowest BCUT2D eigenvalue weighted by atomic mass is 10.1. The van der Waals surface area contributed by atoms with Gasteiger partial charge in [0.05, 0.1) is 30.9 Å². The molecule has 208 valence electrons. The number of Topliss-reactive ketones (excluding diaryl/α,β-unsaturated/α-hetero) is 1. The van der Waals surface area contributed by atoms with E-state index in [-0.39, 0.29) is 36.0 Å². The van der Waals surface area contributed by atoms with Crippen molar-refractivity contribution in [1.29, 1.82) is 0 Å². The summed E-state index contributed by atoms with van der Waals surface area (Å²) in [6.07, 6.45) is 1.27. The largest absolute Gasteiger partial charge is 0.493 e. The number of ether oxygens (including phenoxy) is 2. The summed E-state index contributed by atoms with van der Waals surface area (Å²) in [5, 5.41) is 3.78. The van der Waals surface area contributed by atoms with Crippen LogP contribution in [0.3, 0.4) is 0 Å². The molecule has 0 unspecified atom stereocenters. The Morgan fingerprint density at radius 3 is 2.50 bits per heavy atom. The van der Waals surface area contributed by atoms with Crippen LogP contribution in [0, 0.1) is 5.82 Å². The second kappa shape index (κ2) is 13.7. The van der Waals surface area contributed by atoms with Gasteiger partial charge in [-0.05, 0) is 66.9 Å². The van der Waals surface area contributed by atoms with Crippen molar-refractivity contribution in [1.82, 2.24) is 14.9 Å². The number of fused-ring (bicyclic) bond motifs is 1. The molecule has 1 aromatic heterocycles. The van der Waals surface area contributed by atoms with Crippen LogP contribution in [0.2, 0.25) is 0 Å². The first-order valence-corrected chi connectivity index (χ1v) is 13.8. The lowest BCUT2D eigenvalue weighted by Gasteiger charge is -2.13. The van der Waals surface area contributed by atoms with Crippen LogP contribution in [0.15, 0.2) is 76.7 Å². The Labute approximate surface area is 235 Å². The minimum atomic E-state index is -0.417. The predicted molar refractivity (Wildman–Crippen MR) is 153 cm³/mol. The monoisotopic (exact) mass is 563 g/mol. The molecule has 40 heavy (non-hydrogen) atoms. The van der Waals surface area contributed by atoms with Crippen LogP contribution in [0.25, 0.3) is 10.9 Å². The molecule has 0 saturated heterocycles. The fraction of sp³-hybridized carbons (Fsp3) is 0.267. The number of ketones is 1. The molecule has 1 N–H and O–H groups in total. The number of benzene rings is 3. The highest BCUT2D eigenvalue weighted by Crippen LogP contribution is 2.27. The van der Waals surface area contributed by atoms with E-state index in [1.165, 1.54) is 28.8 Å². The number of amides is 1. The highest BCUT2D eigenvalue weighted by atomic mass is 32.2. The fourth-order valence-corrected chi connectivity index (χ4v) is 5.09. The van der Waals surface area contributed by atoms with Gasteiger partial charge in [0.1, 0.15) is 5.82 Å². The predicted octanol–water partition coefficient (Wildman–Crippen LogP) is 4.67. The summed E-state index contributed by atoms with van der Waals surface area (Å²) in [4.78, 5) is 43.0. The van der Waals surface area contributed by atoms with Crippen molar-refractivity contribution in [2.24, 2.45) is 0 Å². The van der Waals surface area contributed by atoms with Crippen molar-refractivity contribution in [3.05, 3.63) is 94.0 Å². The molecule has 0 fully saturated rings. The molecule has 1 heterocycles. The molecular weight excluding hydrogens is 533 g/mol. The van der Waals surface area contributed by atoms with Crippen molar-refractivity contribution in [2.45, 2.75) is 31.0 Å². The summed E-state index contributed by atoms with van der Waals surface area (Å²) >= 11 is 1.15. The summed E-state index contributed by atoms with van der Waals surface area (Å²) in [7, 11) is 3.15. The third-order valence-electron chi connectivity index (χ3n) is 6.29. The molecule has 0 bridgehead atoms. The zero-order valence-electron chi connectivity index (χ0n) is 22.3. The summed E-state index contributed by atoms with van der Waals surface area (Å²) in [5.74, 6) is 0.572. The first-order valence-electron chi connectivity index (χ1n) is 12.8. The zero-order valence-corrected chi connectivity index (χ0v) is 23.1. The Balaban J connectivity index is 1.36. The molecule has 4 rings (SSSR count). The second-order valence-electron chi connectivity index (χ2n) is 8.98. The molecule has 1 amide bonds. The van der Waals surface area contributed by atoms with Crippen molar-refractivity contribution in [3.8, 4) is 11.5 Å². The number of nitrogens with one attached hydrogen (secondary N) is 1. The number of methoxy groups -OCH3 is 2. The number of aromatic nitrogens is 2. The van der Waals surface area contributed by atoms with Crippen LogP contribution in [0.4, 0.5) is 4.39 Å². The van der Waals surface area contributed by atoms with Gasteiger partial charge in [-0.3, -0.25) is 19.0 Å². The number of hydrogen-bond acceptors (Lipinski definition) is 7. The third-order valence-corrected chi connectivity index (χ3v) is 7.27. The summed E-state index contributed by atoms with van der Waals surface area (Å²) < 4.78 is 25.3. The first-order chi connectivity index (χ1) is 19.4. The number of rotatable bonds is 13. The Kier molecular flexibility index (Phi) is 9.91. The molecular formula is C30H30FN3O5S. The second-order valence-corrected chi connectivity index (χ2v) is 9.92. The van der Waals surface area contributed by atoms with Crippen molar-refractivity contribution in [2.75, 3.05) is 26.5 Å². The smallest absolute Gasteiger partial charge is 0.262 e. The average Bonchev–Trinajstić information content (AvgIpc) is 2.97. The van der Waals surface area contributed by atoms with E-state index in [2.05, 4.69) is 10.3 Å². The summed E-state index contributed by atoms with van der Waals surface area (Å²) in [5.41, 5.74) is 1.70. The van der Waals surface area contributed by atoms with Gasteiger partial charge in [0, 0.05) is 25.1 Å². The van der Waals surface area contributed by atoms with E-state index in [9.17, 15) is 18.8 Å². The molecule has 0 aliphatic heterocycles. The van der Waals surface area contributed by atoms with Gasteiger partial charge in [0.2, 0.25) is 5.91 Å². The topological polar surface area (TPSA) is 99.5 Å². The van der Waals surface area contributed by atoms with Crippen LogP contribution < -0.4 is 20.3 Å². The molecule has 0 aliphatic rings. The number of para-hydroxylation sites is 1. The molecule has 8 nitrogen and oxygen atoms in total. The summed E-state index contributed by atoms with van der Waals surface area (Å²) in [6.45, 7) is 0.727. The normalized spacial score (nSPS) is 10.9. The molecule has 3 aromatic carbocycles. The van der Waals surface area contributed by atoms with Crippen LogP contribution in [0.5, 0.6) is 11.5 Å². The lowest BCUT2D eigenvalue weighted by molar-refractivity contribution is -0.121. The zero-order chi connectivity index (χ0) is 28.5. The molecule has 0 aliphatic carbocycles. The third kappa shape index (κ3) is 7.26. The summed E-state index contributed by atoms with van der Waals surface area (Å²) in [6, 6.07) is 18.0. The fourth-order valence-electron chi connectivity index (χ4n) is 4.17. The maximum Gasteiger partial charge on any atom is 0.262 e. The molecule has 0 radical (unpaired) electrons. The van der Waals surface area contributed by atoms with Crippen LogP contribution in [-0.2, 0) is 17.8 Å². The van der Waals surface area contributed by atoms with Gasteiger partial charge in [-0.2, -0.15) is 0 Å². The van der Waals surface area contributed by atoms with E-state index in [0.29, 0.717) is 52.5 Å². The van der Waals surface area contributed by atoms with Crippen LogP contribution in [-0.4, -0.2) is 47.8 Å². The van der Waals surface area contributed by atoms with Crippen molar-refractivity contribution < 1.29 is 23.5 Å². The molecule has 0 saturated carbocycles. The van der Waals surface area contributed by atoms with Gasteiger partial charge < -0.3 is 14.8 Å². The minimum absolute atomic E-state index is 0.0348. The maximum absolute atomic E-state index is 13.3. The van der Waals surface area contributed by atoms with Crippen LogP contribution in [0.1, 0.15) is 28.8 Å². The van der Waals surface area contributed by atoms with Gasteiger partial charge in [0.25, 0.3) is 5.56 Å². The van der Waals surface area contributed by atoms with E-state index in [1.807, 2.05) is 18.2 Å². The molecule has 4 aromatic rings. The number of nitrogens with zero attached hydrogens (tertiary/aromatic N) is 2. The maximum atomic E-state index is 13.3.